The fourth-order valence-electron chi connectivity index (χ4n) is 1.03. The van der Waals surface area contributed by atoms with Crippen molar-refractivity contribution in [3.05, 3.63) is 29.8 Å². The third kappa shape index (κ3) is 2.26. The first-order valence-electron chi connectivity index (χ1n) is 4.07. The number of benzene rings is 1. The lowest BCUT2D eigenvalue weighted by Gasteiger charge is -2.00. The lowest BCUT2D eigenvalue weighted by molar-refractivity contribution is 0.102. The van der Waals surface area contributed by atoms with E-state index >= 15 is 0 Å². The molecule has 0 saturated heterocycles. The van der Waals surface area contributed by atoms with E-state index in [0.29, 0.717) is 16.4 Å². The van der Waals surface area contributed by atoms with Crippen LogP contribution in [0, 0.1) is 0 Å². The van der Waals surface area contributed by atoms with Gasteiger partial charge in [-0.2, -0.15) is 0 Å². The van der Waals surface area contributed by atoms with E-state index in [-0.39, 0.29) is 5.91 Å². The van der Waals surface area contributed by atoms with Crippen LogP contribution in [0.15, 0.2) is 24.3 Å². The van der Waals surface area contributed by atoms with Crippen LogP contribution < -0.4 is 11.1 Å². The highest BCUT2D eigenvalue weighted by molar-refractivity contribution is 7.09. The highest BCUT2D eigenvalue weighted by atomic mass is 32.1. The molecular formula is C8H7N5OS. The number of carbonyl (C=O) groups is 1. The van der Waals surface area contributed by atoms with Gasteiger partial charge in [-0.05, 0) is 23.4 Å². The molecule has 0 spiro atoms. The number of aromatic nitrogens is 3. The number of nitrogens with zero attached hydrogens (tertiary/aromatic N) is 3. The molecule has 0 aliphatic rings. The third-order valence-electron chi connectivity index (χ3n) is 1.67. The van der Waals surface area contributed by atoms with Gasteiger partial charge in [-0.25, -0.2) is 0 Å². The number of nitrogen functional groups attached to an aromatic ring is 1. The van der Waals surface area contributed by atoms with Crippen molar-refractivity contribution in [3.8, 4) is 0 Å². The molecule has 15 heavy (non-hydrogen) atoms. The molecule has 0 unspecified atom stereocenters. The van der Waals surface area contributed by atoms with Crippen molar-refractivity contribution in [3.63, 3.8) is 0 Å². The first kappa shape index (κ1) is 9.53. The molecule has 0 fully saturated rings. The standard InChI is InChI=1S/C8H7N5OS/c9-6-3-1-2-5(4-6)7(14)10-8-11-12-13-15-8/h1-4H,9H2,(H,10,11,13,14). The summed E-state index contributed by atoms with van der Waals surface area (Å²) in [7, 11) is 0. The number of nitrogens with two attached hydrogens (primary N) is 1. The molecule has 1 heterocycles. The van der Waals surface area contributed by atoms with Crippen molar-refractivity contribution >= 4 is 28.3 Å². The van der Waals surface area contributed by atoms with E-state index in [1.54, 1.807) is 24.3 Å². The highest BCUT2D eigenvalue weighted by Crippen LogP contribution is 2.10. The molecule has 2 aromatic rings. The fraction of sp³-hybridized carbons (Fsp3) is 0. The van der Waals surface area contributed by atoms with Crippen LogP contribution in [0.1, 0.15) is 10.4 Å². The van der Waals surface area contributed by atoms with E-state index in [0.717, 1.165) is 11.5 Å². The molecule has 0 aliphatic carbocycles. The number of anilines is 2. The lowest BCUT2D eigenvalue weighted by atomic mass is 10.2. The zero-order valence-corrected chi connectivity index (χ0v) is 8.36. The summed E-state index contributed by atoms with van der Waals surface area (Å²) in [5.74, 6) is -0.277. The first-order valence-corrected chi connectivity index (χ1v) is 4.85. The van der Waals surface area contributed by atoms with E-state index in [1.165, 1.54) is 0 Å². The molecule has 0 atom stereocenters. The average molecular weight is 221 g/mol. The van der Waals surface area contributed by atoms with Gasteiger partial charge in [0, 0.05) is 22.8 Å². The third-order valence-corrected chi connectivity index (χ3v) is 2.18. The molecule has 0 radical (unpaired) electrons. The van der Waals surface area contributed by atoms with E-state index < -0.39 is 0 Å². The Kier molecular flexibility index (Phi) is 2.55. The molecule has 3 N–H and O–H groups in total. The summed E-state index contributed by atoms with van der Waals surface area (Å²) in [6.45, 7) is 0. The maximum absolute atomic E-state index is 11.6. The number of hydrogen-bond acceptors (Lipinski definition) is 6. The van der Waals surface area contributed by atoms with Gasteiger partial charge in [-0.3, -0.25) is 10.1 Å². The van der Waals surface area contributed by atoms with Crippen LogP contribution in [0.4, 0.5) is 10.8 Å². The molecule has 76 valence electrons. The summed E-state index contributed by atoms with van der Waals surface area (Å²) in [4.78, 5) is 11.6. The molecule has 6 nitrogen and oxygen atoms in total. The van der Waals surface area contributed by atoms with E-state index in [9.17, 15) is 4.79 Å². The minimum absolute atomic E-state index is 0.277. The Bertz CT molecular complexity index is 470. The number of carbonyl (C=O) groups excluding carboxylic acids is 1. The topological polar surface area (TPSA) is 93.8 Å². The number of nitrogens with one attached hydrogen (secondary N) is 1. The first-order chi connectivity index (χ1) is 7.25. The summed E-state index contributed by atoms with van der Waals surface area (Å²) in [5, 5.41) is 9.88. The van der Waals surface area contributed by atoms with E-state index in [1.807, 2.05) is 0 Å². The molecular weight excluding hydrogens is 214 g/mol. The van der Waals surface area contributed by atoms with Crippen molar-refractivity contribution in [1.29, 1.82) is 0 Å². The quantitative estimate of drug-likeness (QED) is 0.730. The SMILES string of the molecule is Nc1cccc(C(=O)Nc2nnns2)c1. The Morgan fingerprint density at radius 3 is 3.00 bits per heavy atom. The van der Waals surface area contributed by atoms with E-state index in [2.05, 4.69) is 20.1 Å². The summed E-state index contributed by atoms with van der Waals surface area (Å²) >= 11 is 1.01. The van der Waals surface area contributed by atoms with Gasteiger partial charge in [0.2, 0.25) is 5.13 Å². The van der Waals surface area contributed by atoms with Crippen LogP contribution in [-0.4, -0.2) is 20.7 Å². The van der Waals surface area contributed by atoms with Crippen LogP contribution >= 0.6 is 11.5 Å². The Hall–Kier alpha value is -2.02. The van der Waals surface area contributed by atoms with Gasteiger partial charge in [0.1, 0.15) is 0 Å². The molecule has 0 bridgehead atoms. The van der Waals surface area contributed by atoms with Crippen LogP contribution in [0.5, 0.6) is 0 Å². The molecule has 0 saturated carbocycles. The van der Waals surface area contributed by atoms with Gasteiger partial charge in [-0.15, -0.1) is 0 Å². The Morgan fingerprint density at radius 2 is 2.33 bits per heavy atom. The number of amides is 1. The van der Waals surface area contributed by atoms with Gasteiger partial charge in [0.05, 0.1) is 0 Å². The summed E-state index contributed by atoms with van der Waals surface area (Å²) in [6.07, 6.45) is 0. The van der Waals surface area contributed by atoms with Crippen LogP contribution in [0.3, 0.4) is 0 Å². The van der Waals surface area contributed by atoms with Crippen LogP contribution in [-0.2, 0) is 0 Å². The second-order valence-corrected chi connectivity index (χ2v) is 3.48. The number of hydrogen-bond donors (Lipinski definition) is 2. The van der Waals surface area contributed by atoms with Crippen molar-refractivity contribution in [2.24, 2.45) is 0 Å². The summed E-state index contributed by atoms with van der Waals surface area (Å²) in [6, 6.07) is 6.68. The summed E-state index contributed by atoms with van der Waals surface area (Å²) < 4.78 is 3.53. The van der Waals surface area contributed by atoms with Crippen molar-refractivity contribution in [2.45, 2.75) is 0 Å². The van der Waals surface area contributed by atoms with E-state index in [4.69, 9.17) is 5.73 Å². The van der Waals surface area contributed by atoms with Gasteiger partial charge < -0.3 is 5.73 Å². The Balaban J connectivity index is 2.15. The summed E-state index contributed by atoms with van der Waals surface area (Å²) in [5.41, 5.74) is 6.57. The predicted octanol–water partition coefficient (Wildman–Crippen LogP) is 0.768. The average Bonchev–Trinajstić information content (AvgIpc) is 2.70. The smallest absolute Gasteiger partial charge is 0.257 e. The predicted molar refractivity (Wildman–Crippen MR) is 56.5 cm³/mol. The Labute approximate surface area is 89.3 Å². The molecule has 2 rings (SSSR count). The van der Waals surface area contributed by atoms with Gasteiger partial charge in [-0.1, -0.05) is 15.7 Å². The maximum atomic E-state index is 11.6. The zero-order chi connectivity index (χ0) is 10.7. The minimum atomic E-state index is -0.277. The Morgan fingerprint density at radius 1 is 1.47 bits per heavy atom. The van der Waals surface area contributed by atoms with Crippen LogP contribution in [0.2, 0.25) is 0 Å². The number of rotatable bonds is 2. The second-order valence-electron chi connectivity index (χ2n) is 2.75. The molecule has 1 amide bonds. The van der Waals surface area contributed by atoms with Crippen molar-refractivity contribution in [1.82, 2.24) is 14.8 Å². The van der Waals surface area contributed by atoms with Gasteiger partial charge in [0.25, 0.3) is 5.91 Å². The molecule has 1 aromatic heterocycles. The zero-order valence-electron chi connectivity index (χ0n) is 7.54. The normalized spacial score (nSPS) is 9.87. The van der Waals surface area contributed by atoms with Crippen LogP contribution in [0.25, 0.3) is 0 Å². The molecule has 7 heteroatoms. The van der Waals surface area contributed by atoms with Crippen molar-refractivity contribution in [2.75, 3.05) is 11.1 Å². The van der Waals surface area contributed by atoms with Gasteiger partial charge in [0.15, 0.2) is 0 Å². The minimum Gasteiger partial charge on any atom is -0.399 e. The second kappa shape index (κ2) is 4.01. The molecule has 1 aromatic carbocycles. The molecule has 0 aliphatic heterocycles. The lowest BCUT2D eigenvalue weighted by Crippen LogP contribution is -2.11. The highest BCUT2D eigenvalue weighted by Gasteiger charge is 2.08. The largest absolute Gasteiger partial charge is 0.399 e. The maximum Gasteiger partial charge on any atom is 0.257 e. The van der Waals surface area contributed by atoms with Gasteiger partial charge >= 0.3 is 0 Å². The monoisotopic (exact) mass is 221 g/mol. The fourth-order valence-corrected chi connectivity index (χ4v) is 1.39. The van der Waals surface area contributed by atoms with Crippen molar-refractivity contribution < 1.29 is 4.79 Å².